The summed E-state index contributed by atoms with van der Waals surface area (Å²) in [6.07, 6.45) is 0.579. The Kier molecular flexibility index (Phi) is 7.02. The zero-order chi connectivity index (χ0) is 24.1. The van der Waals surface area contributed by atoms with Crippen molar-refractivity contribution in [1.82, 2.24) is 15.6 Å². The molecule has 3 N–H and O–H groups in total. The molecular weight excluding hydrogens is 461 g/mol. The average Bonchev–Trinajstić information content (AvgIpc) is 3.46. The molecule has 3 aromatic rings. The number of thiazole rings is 1. The van der Waals surface area contributed by atoms with Crippen molar-refractivity contribution in [3.05, 3.63) is 64.9 Å². The number of hydrogen-bond donors (Lipinski definition) is 3. The number of rotatable bonds is 7. The SMILES string of the molecule is CC(=O)NC[C@H]1CN(c2ccc(-c3ccc(NC(=O)NCc4nccs4)cc3)c(F)c2)C(=O)O1. The van der Waals surface area contributed by atoms with Gasteiger partial charge in [0.15, 0.2) is 0 Å². The van der Waals surface area contributed by atoms with Crippen molar-refractivity contribution in [3.8, 4) is 11.1 Å². The molecule has 0 spiro atoms. The second-order valence-corrected chi connectivity index (χ2v) is 8.51. The molecule has 1 aliphatic heterocycles. The van der Waals surface area contributed by atoms with Gasteiger partial charge in [0.2, 0.25) is 5.91 Å². The largest absolute Gasteiger partial charge is 0.442 e. The highest BCUT2D eigenvalue weighted by molar-refractivity contribution is 7.09. The zero-order valence-corrected chi connectivity index (χ0v) is 19.0. The number of amides is 4. The van der Waals surface area contributed by atoms with Crippen LogP contribution in [0.2, 0.25) is 0 Å². The molecule has 1 fully saturated rings. The van der Waals surface area contributed by atoms with E-state index in [1.54, 1.807) is 42.6 Å². The molecule has 2 heterocycles. The van der Waals surface area contributed by atoms with Crippen LogP contribution >= 0.6 is 11.3 Å². The number of benzene rings is 2. The van der Waals surface area contributed by atoms with Gasteiger partial charge in [0, 0.05) is 29.8 Å². The topological polar surface area (TPSA) is 113 Å². The summed E-state index contributed by atoms with van der Waals surface area (Å²) >= 11 is 1.45. The first-order chi connectivity index (χ1) is 16.4. The summed E-state index contributed by atoms with van der Waals surface area (Å²) < 4.78 is 20.1. The molecule has 0 saturated carbocycles. The molecular formula is C23H22FN5O4S. The predicted octanol–water partition coefficient (Wildman–Crippen LogP) is 3.73. The molecule has 1 aromatic heterocycles. The lowest BCUT2D eigenvalue weighted by Gasteiger charge is -2.15. The van der Waals surface area contributed by atoms with Crippen molar-refractivity contribution < 1.29 is 23.5 Å². The van der Waals surface area contributed by atoms with Gasteiger partial charge in [-0.3, -0.25) is 9.69 Å². The molecule has 0 aliphatic carbocycles. The molecule has 176 valence electrons. The van der Waals surface area contributed by atoms with Gasteiger partial charge in [-0.2, -0.15) is 0 Å². The first-order valence-electron chi connectivity index (χ1n) is 10.4. The van der Waals surface area contributed by atoms with Crippen molar-refractivity contribution >= 4 is 40.7 Å². The van der Waals surface area contributed by atoms with Gasteiger partial charge in [-0.1, -0.05) is 12.1 Å². The summed E-state index contributed by atoms with van der Waals surface area (Å²) in [6.45, 7) is 2.12. The Bertz CT molecular complexity index is 1190. The maximum atomic E-state index is 14.9. The highest BCUT2D eigenvalue weighted by Gasteiger charge is 2.32. The van der Waals surface area contributed by atoms with Gasteiger partial charge in [-0.05, 0) is 35.9 Å². The first-order valence-corrected chi connectivity index (χ1v) is 11.3. The predicted molar refractivity (Wildman–Crippen MR) is 126 cm³/mol. The molecule has 0 radical (unpaired) electrons. The van der Waals surface area contributed by atoms with Crippen LogP contribution in [0.1, 0.15) is 11.9 Å². The van der Waals surface area contributed by atoms with Crippen LogP contribution in [0.25, 0.3) is 11.1 Å². The minimum absolute atomic E-state index is 0.196. The Morgan fingerprint density at radius 3 is 2.68 bits per heavy atom. The minimum Gasteiger partial charge on any atom is -0.442 e. The fraction of sp³-hybridized carbons (Fsp3) is 0.217. The van der Waals surface area contributed by atoms with E-state index in [-0.39, 0.29) is 25.0 Å². The van der Waals surface area contributed by atoms with Gasteiger partial charge in [0.05, 0.1) is 25.3 Å². The fourth-order valence-corrected chi connectivity index (χ4v) is 3.96. The Hall–Kier alpha value is -3.99. The quantitative estimate of drug-likeness (QED) is 0.474. The molecule has 4 rings (SSSR count). The summed E-state index contributed by atoms with van der Waals surface area (Å²) in [4.78, 5) is 40.7. The van der Waals surface area contributed by atoms with Gasteiger partial charge in [0.1, 0.15) is 16.9 Å². The molecule has 2 aromatic carbocycles. The lowest BCUT2D eigenvalue weighted by molar-refractivity contribution is -0.119. The van der Waals surface area contributed by atoms with E-state index < -0.39 is 18.0 Å². The summed E-state index contributed by atoms with van der Waals surface area (Å²) in [5.74, 6) is -0.722. The number of nitrogens with zero attached hydrogens (tertiary/aromatic N) is 2. The van der Waals surface area contributed by atoms with Gasteiger partial charge in [-0.15, -0.1) is 11.3 Å². The van der Waals surface area contributed by atoms with Crippen LogP contribution in [0.3, 0.4) is 0 Å². The summed E-state index contributed by atoms with van der Waals surface area (Å²) in [5, 5.41) is 10.7. The number of carbonyl (C=O) groups is 3. The Morgan fingerprint density at radius 2 is 2.00 bits per heavy atom. The number of ether oxygens (including phenoxy) is 1. The van der Waals surface area contributed by atoms with E-state index >= 15 is 0 Å². The van der Waals surface area contributed by atoms with Crippen molar-refractivity contribution in [1.29, 1.82) is 0 Å². The van der Waals surface area contributed by atoms with E-state index in [2.05, 4.69) is 20.9 Å². The van der Waals surface area contributed by atoms with Gasteiger partial charge in [0.25, 0.3) is 0 Å². The summed E-state index contributed by atoms with van der Waals surface area (Å²) in [6, 6.07) is 10.9. The normalized spacial score (nSPS) is 15.1. The standard InChI is InChI=1S/C23H22FN5O4S/c1-14(30)26-11-18-13-29(23(32)33-18)17-6-7-19(20(24)10-17)15-2-4-16(5-3-15)28-22(31)27-12-21-25-8-9-34-21/h2-10,18H,11-13H2,1H3,(H,26,30)(H2,27,28,31)/t18-/m0/s1. The van der Waals surface area contributed by atoms with Crippen LogP contribution in [0.5, 0.6) is 0 Å². The summed E-state index contributed by atoms with van der Waals surface area (Å²) in [5.41, 5.74) is 1.89. The van der Waals surface area contributed by atoms with Crippen molar-refractivity contribution in [2.24, 2.45) is 0 Å². The Labute approximate surface area is 198 Å². The Balaban J connectivity index is 1.37. The number of anilines is 2. The number of urea groups is 1. The van der Waals surface area contributed by atoms with Crippen molar-refractivity contribution in [2.75, 3.05) is 23.3 Å². The third kappa shape index (κ3) is 5.67. The number of hydrogen-bond acceptors (Lipinski definition) is 6. The number of aromatic nitrogens is 1. The maximum absolute atomic E-state index is 14.9. The molecule has 1 atom stereocenters. The summed E-state index contributed by atoms with van der Waals surface area (Å²) in [7, 11) is 0. The second-order valence-electron chi connectivity index (χ2n) is 7.53. The fourth-order valence-electron chi connectivity index (χ4n) is 3.41. The van der Waals surface area contributed by atoms with Crippen LogP contribution in [0.4, 0.5) is 25.4 Å². The van der Waals surface area contributed by atoms with Gasteiger partial charge >= 0.3 is 12.1 Å². The van der Waals surface area contributed by atoms with Crippen molar-refractivity contribution in [2.45, 2.75) is 19.6 Å². The molecule has 34 heavy (non-hydrogen) atoms. The van der Waals surface area contributed by atoms with E-state index in [0.29, 0.717) is 29.0 Å². The first kappa shape index (κ1) is 23.2. The lowest BCUT2D eigenvalue weighted by Crippen LogP contribution is -2.33. The molecule has 4 amide bonds. The van der Waals surface area contributed by atoms with Crippen LogP contribution in [-0.4, -0.2) is 42.2 Å². The van der Waals surface area contributed by atoms with Crippen LogP contribution < -0.4 is 20.9 Å². The third-order valence-corrected chi connectivity index (χ3v) is 5.83. The molecule has 0 unspecified atom stereocenters. The highest BCUT2D eigenvalue weighted by Crippen LogP contribution is 2.29. The van der Waals surface area contributed by atoms with Gasteiger partial charge in [-0.25, -0.2) is 19.0 Å². The number of nitrogens with one attached hydrogen (secondary N) is 3. The molecule has 1 saturated heterocycles. The molecule has 11 heteroatoms. The minimum atomic E-state index is -0.592. The van der Waals surface area contributed by atoms with Crippen LogP contribution in [-0.2, 0) is 16.1 Å². The van der Waals surface area contributed by atoms with Crippen molar-refractivity contribution in [3.63, 3.8) is 0 Å². The second kappa shape index (κ2) is 10.3. The monoisotopic (exact) mass is 483 g/mol. The van der Waals surface area contributed by atoms with Gasteiger partial charge < -0.3 is 20.7 Å². The van der Waals surface area contributed by atoms with E-state index in [9.17, 15) is 18.8 Å². The molecule has 1 aliphatic rings. The van der Waals surface area contributed by atoms with E-state index in [1.165, 1.54) is 29.2 Å². The van der Waals surface area contributed by atoms with Crippen LogP contribution in [0.15, 0.2) is 54.0 Å². The smallest absolute Gasteiger partial charge is 0.414 e. The number of carbonyl (C=O) groups excluding carboxylic acids is 3. The molecule has 9 nitrogen and oxygen atoms in total. The highest BCUT2D eigenvalue weighted by atomic mass is 32.1. The van der Waals surface area contributed by atoms with Crippen LogP contribution in [0, 0.1) is 5.82 Å². The Morgan fingerprint density at radius 1 is 1.21 bits per heavy atom. The zero-order valence-electron chi connectivity index (χ0n) is 18.2. The number of cyclic esters (lactones) is 1. The van der Waals surface area contributed by atoms with E-state index in [1.807, 2.05) is 5.38 Å². The molecule has 0 bridgehead atoms. The maximum Gasteiger partial charge on any atom is 0.414 e. The lowest BCUT2D eigenvalue weighted by atomic mass is 10.0. The number of halogens is 1. The van der Waals surface area contributed by atoms with E-state index in [0.717, 1.165) is 5.01 Å². The average molecular weight is 484 g/mol. The van der Waals surface area contributed by atoms with E-state index in [4.69, 9.17) is 4.74 Å². The third-order valence-electron chi connectivity index (χ3n) is 5.05.